The van der Waals surface area contributed by atoms with Crippen molar-refractivity contribution in [3.05, 3.63) is 129 Å². The van der Waals surface area contributed by atoms with Crippen LogP contribution >= 0.6 is 23.2 Å². The smallest absolute Gasteiger partial charge is 0.264 e. The van der Waals surface area contributed by atoms with Gasteiger partial charge in [0, 0.05) is 29.1 Å². The van der Waals surface area contributed by atoms with Gasteiger partial charge in [0.15, 0.2) is 0 Å². The summed E-state index contributed by atoms with van der Waals surface area (Å²) in [6, 6.07) is 26.5. The highest BCUT2D eigenvalue weighted by atomic mass is 35.5. The minimum atomic E-state index is -4.18. The van der Waals surface area contributed by atoms with E-state index in [1.807, 2.05) is 64.1 Å². The zero-order valence-corrected chi connectivity index (χ0v) is 28.0. The summed E-state index contributed by atoms with van der Waals surface area (Å²) in [5.41, 5.74) is 3.43. The van der Waals surface area contributed by atoms with Gasteiger partial charge in [-0.1, -0.05) is 83.9 Å². The average Bonchev–Trinajstić information content (AvgIpc) is 2.98. The van der Waals surface area contributed by atoms with Crippen molar-refractivity contribution in [1.82, 2.24) is 10.2 Å². The predicted octanol–water partition coefficient (Wildman–Crippen LogP) is 6.97. The number of sulfonamides is 1. The van der Waals surface area contributed by atoms with E-state index in [2.05, 4.69) is 5.32 Å². The van der Waals surface area contributed by atoms with Crippen LogP contribution in [-0.2, 0) is 32.6 Å². The highest BCUT2D eigenvalue weighted by Crippen LogP contribution is 2.28. The zero-order valence-electron chi connectivity index (χ0n) is 25.7. The Hall–Kier alpha value is -3.85. The first-order chi connectivity index (χ1) is 21.3. The Morgan fingerprint density at radius 3 is 2.00 bits per heavy atom. The fraction of sp³-hybridized carbons (Fsp3) is 0.257. The first kappa shape index (κ1) is 34.0. The van der Waals surface area contributed by atoms with Crippen LogP contribution in [0.1, 0.15) is 36.1 Å². The largest absolute Gasteiger partial charge is 0.352 e. The van der Waals surface area contributed by atoms with E-state index in [4.69, 9.17) is 23.2 Å². The third-order valence-electron chi connectivity index (χ3n) is 7.16. The maximum atomic E-state index is 14.5. The van der Waals surface area contributed by atoms with E-state index >= 15 is 0 Å². The van der Waals surface area contributed by atoms with E-state index in [1.54, 1.807) is 48.5 Å². The van der Waals surface area contributed by atoms with Crippen molar-refractivity contribution < 1.29 is 18.0 Å². The Kier molecular flexibility index (Phi) is 11.3. The molecule has 0 unspecified atom stereocenters. The van der Waals surface area contributed by atoms with Crippen LogP contribution in [0.4, 0.5) is 5.69 Å². The van der Waals surface area contributed by atoms with Crippen LogP contribution in [0.5, 0.6) is 0 Å². The van der Waals surface area contributed by atoms with Crippen LogP contribution in [-0.4, -0.2) is 43.8 Å². The lowest BCUT2D eigenvalue weighted by atomic mass is 10.0. The van der Waals surface area contributed by atoms with Crippen LogP contribution < -0.4 is 9.62 Å². The van der Waals surface area contributed by atoms with Gasteiger partial charge in [-0.2, -0.15) is 0 Å². The van der Waals surface area contributed by atoms with Gasteiger partial charge in [-0.3, -0.25) is 13.9 Å². The van der Waals surface area contributed by atoms with Crippen molar-refractivity contribution in [3.63, 3.8) is 0 Å². The number of nitrogens with one attached hydrogen (secondary N) is 1. The number of aryl methyl sites for hydroxylation is 2. The van der Waals surface area contributed by atoms with E-state index < -0.39 is 28.5 Å². The molecular formula is C35H37Cl2N3O4S. The number of rotatable bonds is 12. The second-order valence-electron chi connectivity index (χ2n) is 11.3. The molecule has 0 bridgehead atoms. The van der Waals surface area contributed by atoms with Gasteiger partial charge in [0.25, 0.3) is 10.0 Å². The van der Waals surface area contributed by atoms with Crippen molar-refractivity contribution >= 4 is 50.7 Å². The topological polar surface area (TPSA) is 86.8 Å². The Labute approximate surface area is 275 Å². The van der Waals surface area contributed by atoms with E-state index in [0.29, 0.717) is 21.3 Å². The number of hydrogen-bond donors (Lipinski definition) is 1. The van der Waals surface area contributed by atoms with Gasteiger partial charge < -0.3 is 10.2 Å². The second kappa shape index (κ2) is 15.0. The van der Waals surface area contributed by atoms with Crippen molar-refractivity contribution in [3.8, 4) is 0 Å². The molecule has 45 heavy (non-hydrogen) atoms. The van der Waals surface area contributed by atoms with Gasteiger partial charge in [0.1, 0.15) is 12.6 Å². The van der Waals surface area contributed by atoms with Crippen molar-refractivity contribution in [2.24, 2.45) is 0 Å². The lowest BCUT2D eigenvalue weighted by molar-refractivity contribution is -0.140. The molecule has 0 aliphatic heterocycles. The summed E-state index contributed by atoms with van der Waals surface area (Å²) in [4.78, 5) is 29.8. The van der Waals surface area contributed by atoms with Gasteiger partial charge in [0.05, 0.1) is 10.6 Å². The third kappa shape index (κ3) is 8.87. The summed E-state index contributed by atoms with van der Waals surface area (Å²) in [7, 11) is -4.18. The molecule has 7 nitrogen and oxygen atoms in total. The summed E-state index contributed by atoms with van der Waals surface area (Å²) < 4.78 is 29.4. The number of halogens is 2. The third-order valence-corrected chi connectivity index (χ3v) is 9.54. The minimum absolute atomic E-state index is 0.0441. The number of nitrogens with zero attached hydrogens (tertiary/aromatic N) is 2. The van der Waals surface area contributed by atoms with Crippen LogP contribution in [0.2, 0.25) is 10.0 Å². The Balaban J connectivity index is 1.84. The molecule has 0 spiro atoms. The van der Waals surface area contributed by atoms with Gasteiger partial charge in [-0.05, 0) is 86.3 Å². The van der Waals surface area contributed by atoms with E-state index in [0.717, 1.165) is 21.0 Å². The summed E-state index contributed by atoms with van der Waals surface area (Å²) in [5.74, 6) is -0.935. The van der Waals surface area contributed by atoms with Crippen LogP contribution in [0.3, 0.4) is 0 Å². The highest BCUT2D eigenvalue weighted by molar-refractivity contribution is 7.92. The molecule has 4 aromatic rings. The number of carbonyl (C=O) groups excluding carboxylic acids is 2. The van der Waals surface area contributed by atoms with Crippen LogP contribution in [0, 0.1) is 13.8 Å². The predicted molar refractivity (Wildman–Crippen MR) is 181 cm³/mol. The molecule has 4 aromatic carbocycles. The number of carbonyl (C=O) groups is 2. The summed E-state index contributed by atoms with van der Waals surface area (Å²) in [5, 5.41) is 3.70. The molecular weight excluding hydrogens is 629 g/mol. The lowest BCUT2D eigenvalue weighted by Gasteiger charge is -2.34. The van der Waals surface area contributed by atoms with Gasteiger partial charge >= 0.3 is 0 Å². The molecule has 0 radical (unpaired) electrons. The Morgan fingerprint density at radius 1 is 0.822 bits per heavy atom. The Bertz CT molecular complexity index is 1730. The second-order valence-corrected chi connectivity index (χ2v) is 14.0. The number of hydrogen-bond acceptors (Lipinski definition) is 4. The molecule has 10 heteroatoms. The van der Waals surface area contributed by atoms with Crippen molar-refractivity contribution in [2.75, 3.05) is 10.8 Å². The normalized spacial score (nSPS) is 12.1. The summed E-state index contributed by atoms with van der Waals surface area (Å²) in [6.07, 6.45) is 0.200. The molecule has 0 fully saturated rings. The molecule has 0 aliphatic rings. The van der Waals surface area contributed by atoms with Crippen LogP contribution in [0.25, 0.3) is 0 Å². The lowest BCUT2D eigenvalue weighted by Crippen LogP contribution is -2.54. The van der Waals surface area contributed by atoms with Gasteiger partial charge in [0.2, 0.25) is 11.8 Å². The fourth-order valence-electron chi connectivity index (χ4n) is 5.11. The maximum Gasteiger partial charge on any atom is 0.264 e. The number of amides is 2. The quantitative estimate of drug-likeness (QED) is 0.177. The van der Waals surface area contributed by atoms with Crippen molar-refractivity contribution in [2.45, 2.75) is 57.6 Å². The number of anilines is 1. The maximum absolute atomic E-state index is 14.5. The summed E-state index contributed by atoms with van der Waals surface area (Å²) in [6.45, 7) is 6.82. The average molecular weight is 667 g/mol. The van der Waals surface area contributed by atoms with Crippen molar-refractivity contribution in [1.29, 1.82) is 0 Å². The standard InChI is InChI=1S/C35H37Cl2N3O4S/c1-24(2)38-35(42)33(20-27-11-7-5-8-12-27)39(22-28-15-16-29(36)21-32(28)37)34(41)23-40(30-18-25(3)17-26(4)19-30)45(43,44)31-13-9-6-10-14-31/h5-19,21,24,33H,20,22-23H2,1-4H3,(H,38,42)/t33-/m0/s1. The fourth-order valence-corrected chi connectivity index (χ4v) is 7.00. The molecule has 0 saturated carbocycles. The molecule has 0 aliphatic carbocycles. The SMILES string of the molecule is Cc1cc(C)cc(N(CC(=O)N(Cc2ccc(Cl)cc2Cl)[C@@H](Cc2ccccc2)C(=O)NC(C)C)S(=O)(=O)c2ccccc2)c1. The first-order valence-electron chi connectivity index (χ1n) is 14.6. The molecule has 2 amide bonds. The van der Waals surface area contributed by atoms with Crippen LogP contribution in [0.15, 0.2) is 102 Å². The minimum Gasteiger partial charge on any atom is -0.352 e. The monoisotopic (exact) mass is 665 g/mol. The molecule has 0 heterocycles. The number of benzene rings is 4. The first-order valence-corrected chi connectivity index (χ1v) is 16.8. The molecule has 4 rings (SSSR count). The molecule has 0 aromatic heterocycles. The highest BCUT2D eigenvalue weighted by Gasteiger charge is 2.35. The van der Waals surface area contributed by atoms with E-state index in [1.165, 1.54) is 17.0 Å². The van der Waals surface area contributed by atoms with E-state index in [9.17, 15) is 18.0 Å². The van der Waals surface area contributed by atoms with Gasteiger partial charge in [-0.25, -0.2) is 8.42 Å². The Morgan fingerprint density at radius 2 is 1.42 bits per heavy atom. The summed E-state index contributed by atoms with van der Waals surface area (Å²) >= 11 is 12.7. The van der Waals surface area contributed by atoms with E-state index in [-0.39, 0.29) is 29.8 Å². The molecule has 1 atom stereocenters. The zero-order chi connectivity index (χ0) is 32.7. The van der Waals surface area contributed by atoms with Gasteiger partial charge in [-0.15, -0.1) is 0 Å². The molecule has 236 valence electrons. The molecule has 1 N–H and O–H groups in total. The molecule has 0 saturated heterocycles.